The standard InChI is InChI=1S/C25H27F3N8OS/c1-14(2)36-10-8-19(9-11-36)37-23-20-15(3)33-34-22(20)31-21(32-23)16-4-6-18(7-5-16)35-38-24-29-12-17(13-30-24)25(26,27)28/h4-7,12-14,19,35H,8-11H2,1-3H3,(H,31,32,33,34). The van der Waals surface area contributed by atoms with E-state index in [4.69, 9.17) is 9.72 Å². The van der Waals surface area contributed by atoms with Gasteiger partial charge in [0.05, 0.1) is 5.56 Å². The predicted octanol–water partition coefficient (Wildman–Crippen LogP) is 5.51. The molecule has 3 aromatic heterocycles. The molecule has 2 N–H and O–H groups in total. The second-order valence-corrected chi connectivity index (χ2v) is 10.2. The van der Waals surface area contributed by atoms with Crippen molar-refractivity contribution in [2.45, 2.75) is 57.1 Å². The largest absolute Gasteiger partial charge is 0.474 e. The molecule has 5 rings (SSSR count). The van der Waals surface area contributed by atoms with Crippen LogP contribution in [0.25, 0.3) is 22.4 Å². The van der Waals surface area contributed by atoms with Crippen molar-refractivity contribution in [3.8, 4) is 17.3 Å². The number of aromatic nitrogens is 6. The van der Waals surface area contributed by atoms with Crippen molar-refractivity contribution < 1.29 is 17.9 Å². The molecule has 13 heteroatoms. The van der Waals surface area contributed by atoms with E-state index in [-0.39, 0.29) is 11.3 Å². The number of likely N-dealkylation sites (tertiary alicyclic amines) is 1. The number of benzene rings is 1. The number of fused-ring (bicyclic) bond motifs is 1. The van der Waals surface area contributed by atoms with E-state index in [0.29, 0.717) is 29.1 Å². The van der Waals surface area contributed by atoms with E-state index >= 15 is 0 Å². The Morgan fingerprint density at radius 2 is 1.76 bits per heavy atom. The van der Waals surface area contributed by atoms with E-state index in [0.717, 1.165) is 66.9 Å². The molecule has 38 heavy (non-hydrogen) atoms. The van der Waals surface area contributed by atoms with E-state index in [1.54, 1.807) is 0 Å². The fraction of sp³-hybridized carbons (Fsp3) is 0.400. The minimum absolute atomic E-state index is 0.0706. The van der Waals surface area contributed by atoms with Crippen molar-refractivity contribution in [1.29, 1.82) is 0 Å². The molecule has 4 heterocycles. The molecule has 4 aromatic rings. The number of hydrogen-bond acceptors (Lipinski definition) is 9. The first-order valence-electron chi connectivity index (χ1n) is 12.2. The number of H-pyrrole nitrogens is 1. The van der Waals surface area contributed by atoms with Crippen LogP contribution in [-0.2, 0) is 6.18 Å². The number of piperidine rings is 1. The van der Waals surface area contributed by atoms with Crippen LogP contribution < -0.4 is 9.46 Å². The summed E-state index contributed by atoms with van der Waals surface area (Å²) < 4.78 is 47.5. The third-order valence-corrected chi connectivity index (χ3v) is 7.14. The van der Waals surface area contributed by atoms with Gasteiger partial charge in [0.1, 0.15) is 11.5 Å². The number of rotatable bonds is 7. The molecule has 9 nitrogen and oxygen atoms in total. The van der Waals surface area contributed by atoms with Gasteiger partial charge in [0.2, 0.25) is 11.0 Å². The Hall–Kier alpha value is -3.45. The van der Waals surface area contributed by atoms with Gasteiger partial charge in [-0.1, -0.05) is 0 Å². The number of ether oxygens (including phenoxy) is 1. The molecule has 1 saturated heterocycles. The zero-order valence-electron chi connectivity index (χ0n) is 21.1. The van der Waals surface area contributed by atoms with Crippen LogP contribution in [0.4, 0.5) is 18.9 Å². The summed E-state index contributed by atoms with van der Waals surface area (Å²) in [6, 6.07) is 7.85. The molecular formula is C25H27F3N8OS. The number of anilines is 1. The summed E-state index contributed by atoms with van der Waals surface area (Å²) in [5, 5.41) is 8.27. The lowest BCUT2D eigenvalue weighted by Crippen LogP contribution is -2.41. The molecule has 1 fully saturated rings. The maximum absolute atomic E-state index is 12.7. The molecule has 0 aliphatic carbocycles. The highest BCUT2D eigenvalue weighted by atomic mass is 32.2. The summed E-state index contributed by atoms with van der Waals surface area (Å²) in [4.78, 5) is 19.3. The summed E-state index contributed by atoms with van der Waals surface area (Å²) in [5.41, 5.74) is 1.99. The molecule has 0 radical (unpaired) electrons. The lowest BCUT2D eigenvalue weighted by Gasteiger charge is -2.34. The third kappa shape index (κ3) is 5.83. The topological polar surface area (TPSA) is 105 Å². The zero-order valence-corrected chi connectivity index (χ0v) is 21.9. The van der Waals surface area contributed by atoms with Crippen molar-refractivity contribution >= 4 is 28.7 Å². The highest BCUT2D eigenvalue weighted by molar-refractivity contribution is 8.00. The Morgan fingerprint density at radius 3 is 2.39 bits per heavy atom. The van der Waals surface area contributed by atoms with Gasteiger partial charge in [-0.3, -0.25) is 5.10 Å². The SMILES string of the molecule is Cc1[nH]nc2nc(-c3ccc(NSc4ncc(C(F)(F)F)cn4)cc3)nc(OC3CCN(C(C)C)CC3)c12. The average molecular weight is 545 g/mol. The highest BCUT2D eigenvalue weighted by Gasteiger charge is 2.31. The summed E-state index contributed by atoms with van der Waals surface area (Å²) in [6.07, 6.45) is -1.02. The minimum Gasteiger partial charge on any atom is -0.474 e. The molecule has 0 atom stereocenters. The van der Waals surface area contributed by atoms with Gasteiger partial charge in [-0.05, 0) is 57.9 Å². The van der Waals surface area contributed by atoms with Gasteiger partial charge >= 0.3 is 6.18 Å². The molecule has 1 aliphatic heterocycles. The average Bonchev–Trinajstić information content (AvgIpc) is 3.28. The van der Waals surface area contributed by atoms with Gasteiger partial charge in [-0.25, -0.2) is 15.0 Å². The highest BCUT2D eigenvalue weighted by Crippen LogP contribution is 2.31. The zero-order chi connectivity index (χ0) is 26.9. The minimum atomic E-state index is -4.47. The number of aromatic amines is 1. The van der Waals surface area contributed by atoms with Gasteiger partial charge in [0.15, 0.2) is 11.5 Å². The number of aryl methyl sites for hydroxylation is 1. The van der Waals surface area contributed by atoms with Crippen LogP contribution in [0.1, 0.15) is 37.9 Å². The van der Waals surface area contributed by atoms with Crippen molar-refractivity contribution in [3.05, 3.63) is 47.9 Å². The Labute approximate surface area is 221 Å². The van der Waals surface area contributed by atoms with Crippen molar-refractivity contribution in [3.63, 3.8) is 0 Å². The van der Waals surface area contributed by atoms with Gasteiger partial charge in [-0.15, -0.1) is 0 Å². The molecular weight excluding hydrogens is 517 g/mol. The first-order chi connectivity index (χ1) is 18.2. The summed E-state index contributed by atoms with van der Waals surface area (Å²) in [5.74, 6) is 1.01. The fourth-order valence-electron chi connectivity index (χ4n) is 4.22. The van der Waals surface area contributed by atoms with Crippen LogP contribution in [-0.4, -0.2) is 60.3 Å². The predicted molar refractivity (Wildman–Crippen MR) is 139 cm³/mol. The lowest BCUT2D eigenvalue weighted by atomic mass is 10.1. The molecule has 0 saturated carbocycles. The Kier molecular flexibility index (Phi) is 7.39. The Morgan fingerprint density at radius 1 is 1.08 bits per heavy atom. The van der Waals surface area contributed by atoms with Gasteiger partial charge in [-0.2, -0.15) is 23.3 Å². The van der Waals surface area contributed by atoms with Gasteiger partial charge < -0.3 is 14.4 Å². The van der Waals surface area contributed by atoms with E-state index in [2.05, 4.69) is 48.6 Å². The van der Waals surface area contributed by atoms with Crippen LogP contribution in [0, 0.1) is 6.92 Å². The molecule has 0 spiro atoms. The molecule has 1 aromatic carbocycles. The maximum Gasteiger partial charge on any atom is 0.419 e. The molecule has 0 bridgehead atoms. The van der Waals surface area contributed by atoms with Crippen LogP contribution in [0.2, 0.25) is 0 Å². The Bertz CT molecular complexity index is 1390. The number of alkyl halides is 3. The second-order valence-electron chi connectivity index (χ2n) is 9.38. The van der Waals surface area contributed by atoms with E-state index in [1.807, 2.05) is 31.2 Å². The Balaban J connectivity index is 1.29. The lowest BCUT2D eigenvalue weighted by molar-refractivity contribution is -0.138. The van der Waals surface area contributed by atoms with Crippen molar-refractivity contribution in [2.24, 2.45) is 0 Å². The number of halogens is 3. The molecule has 0 amide bonds. The number of hydrogen-bond donors (Lipinski definition) is 2. The third-order valence-electron chi connectivity index (χ3n) is 6.41. The van der Waals surface area contributed by atoms with E-state index in [9.17, 15) is 13.2 Å². The monoisotopic (exact) mass is 544 g/mol. The second kappa shape index (κ2) is 10.7. The molecule has 0 unspecified atom stereocenters. The summed E-state index contributed by atoms with van der Waals surface area (Å²) >= 11 is 1.01. The normalized spacial score (nSPS) is 15.3. The number of nitrogens with zero attached hydrogens (tertiary/aromatic N) is 6. The number of nitrogens with one attached hydrogen (secondary N) is 2. The van der Waals surface area contributed by atoms with Crippen LogP contribution in [0.5, 0.6) is 5.88 Å². The summed E-state index contributed by atoms with van der Waals surface area (Å²) in [6.45, 7) is 8.30. The maximum atomic E-state index is 12.7. The van der Waals surface area contributed by atoms with E-state index in [1.165, 1.54) is 0 Å². The van der Waals surface area contributed by atoms with Crippen LogP contribution in [0.3, 0.4) is 0 Å². The smallest absolute Gasteiger partial charge is 0.419 e. The van der Waals surface area contributed by atoms with E-state index < -0.39 is 11.7 Å². The quantitative estimate of drug-likeness (QED) is 0.230. The van der Waals surface area contributed by atoms with Crippen LogP contribution in [0.15, 0.2) is 41.8 Å². The van der Waals surface area contributed by atoms with Crippen molar-refractivity contribution in [2.75, 3.05) is 17.8 Å². The summed E-state index contributed by atoms with van der Waals surface area (Å²) in [7, 11) is 0. The first-order valence-corrected chi connectivity index (χ1v) is 13.0. The molecule has 200 valence electrons. The van der Waals surface area contributed by atoms with Crippen LogP contribution >= 0.6 is 11.9 Å². The van der Waals surface area contributed by atoms with Gasteiger partial charge in [0.25, 0.3) is 0 Å². The first kappa shape index (κ1) is 26.2. The van der Waals surface area contributed by atoms with Gasteiger partial charge in [0, 0.05) is 60.4 Å². The van der Waals surface area contributed by atoms with Crippen molar-refractivity contribution in [1.82, 2.24) is 35.0 Å². The molecule has 1 aliphatic rings. The fourth-order valence-corrected chi connectivity index (χ4v) is 4.78.